The van der Waals surface area contributed by atoms with E-state index in [2.05, 4.69) is 37.6 Å². The van der Waals surface area contributed by atoms with Crippen LogP contribution in [0.25, 0.3) is 0 Å². The third kappa shape index (κ3) is 4.82. The monoisotopic (exact) mass is 352 g/mol. The van der Waals surface area contributed by atoms with Crippen LogP contribution >= 0.6 is 39.7 Å². The van der Waals surface area contributed by atoms with Crippen LogP contribution in [0, 0.1) is 5.92 Å². The van der Waals surface area contributed by atoms with Crippen LogP contribution in [0.4, 0.5) is 0 Å². The number of piperidine rings is 1. The van der Waals surface area contributed by atoms with Crippen LogP contribution in [-0.2, 0) is 6.54 Å². The molecule has 0 saturated carbocycles. The minimum Gasteiger partial charge on any atom is -0.320 e. The summed E-state index contributed by atoms with van der Waals surface area (Å²) >= 11 is 5.47. The highest BCUT2D eigenvalue weighted by atomic mass is 79.9. The third-order valence-electron chi connectivity index (χ3n) is 3.57. The first-order valence-electron chi connectivity index (χ1n) is 6.38. The molecule has 2 heterocycles. The lowest BCUT2D eigenvalue weighted by Crippen LogP contribution is -2.33. The van der Waals surface area contributed by atoms with Crippen LogP contribution in [0.1, 0.15) is 24.1 Å². The molecule has 1 N–H and O–H groups in total. The molecule has 0 atom stereocenters. The molecule has 1 saturated heterocycles. The summed E-state index contributed by atoms with van der Waals surface area (Å²) in [4.78, 5) is 4.06. The van der Waals surface area contributed by atoms with E-state index in [-0.39, 0.29) is 12.4 Å². The number of nitrogens with zero attached hydrogens (tertiary/aromatic N) is 1. The number of halogens is 2. The second kappa shape index (κ2) is 8.54. The summed E-state index contributed by atoms with van der Waals surface area (Å²) in [6.07, 6.45) is 4.07. The number of rotatable bonds is 5. The Hall–Kier alpha value is 0.390. The van der Waals surface area contributed by atoms with Gasteiger partial charge in [-0.15, -0.1) is 23.7 Å². The van der Waals surface area contributed by atoms with Gasteiger partial charge in [-0.1, -0.05) is 0 Å². The van der Waals surface area contributed by atoms with Gasteiger partial charge in [0.1, 0.15) is 0 Å². The van der Waals surface area contributed by atoms with Crippen molar-refractivity contribution in [3.63, 3.8) is 0 Å². The maximum absolute atomic E-state index is 3.61. The fourth-order valence-corrected chi connectivity index (χ4v) is 3.94. The molecule has 0 bridgehead atoms. The van der Waals surface area contributed by atoms with Gasteiger partial charge in [0.15, 0.2) is 0 Å². The molecule has 2 nitrogen and oxygen atoms in total. The lowest BCUT2D eigenvalue weighted by atomic mass is 9.93. The maximum atomic E-state index is 3.61. The van der Waals surface area contributed by atoms with Crippen LogP contribution in [0.3, 0.4) is 0 Å². The molecule has 18 heavy (non-hydrogen) atoms. The minimum absolute atomic E-state index is 0. The van der Waals surface area contributed by atoms with Crippen molar-refractivity contribution >= 4 is 39.7 Å². The van der Waals surface area contributed by atoms with Crippen LogP contribution in [-0.4, -0.2) is 31.6 Å². The number of thiophene rings is 1. The number of hydrogen-bond acceptors (Lipinski definition) is 3. The fourth-order valence-electron chi connectivity index (χ4n) is 2.42. The van der Waals surface area contributed by atoms with E-state index in [1.165, 1.54) is 48.2 Å². The van der Waals surface area contributed by atoms with E-state index in [4.69, 9.17) is 0 Å². The van der Waals surface area contributed by atoms with Gasteiger partial charge in [0.2, 0.25) is 0 Å². The van der Waals surface area contributed by atoms with E-state index in [1.807, 2.05) is 18.4 Å². The summed E-state index contributed by atoms with van der Waals surface area (Å²) in [5, 5.41) is 5.42. The van der Waals surface area contributed by atoms with Crippen molar-refractivity contribution in [3.05, 3.63) is 20.8 Å². The molecule has 1 aromatic rings. The highest BCUT2D eigenvalue weighted by Crippen LogP contribution is 2.27. The van der Waals surface area contributed by atoms with Crippen molar-refractivity contribution in [1.29, 1.82) is 0 Å². The topological polar surface area (TPSA) is 15.3 Å². The average molecular weight is 354 g/mol. The summed E-state index contributed by atoms with van der Waals surface area (Å²) < 4.78 is 1.28. The van der Waals surface area contributed by atoms with E-state index in [1.54, 1.807) is 0 Å². The van der Waals surface area contributed by atoms with E-state index in [0.29, 0.717) is 0 Å². The molecule has 0 spiro atoms. The van der Waals surface area contributed by atoms with Gasteiger partial charge in [0.25, 0.3) is 0 Å². The molecule has 0 aliphatic carbocycles. The van der Waals surface area contributed by atoms with Crippen molar-refractivity contribution in [1.82, 2.24) is 10.2 Å². The Bertz CT molecular complexity index is 337. The lowest BCUT2D eigenvalue weighted by Gasteiger charge is -2.31. The first kappa shape index (κ1) is 16.4. The van der Waals surface area contributed by atoms with Crippen LogP contribution in [0.5, 0.6) is 0 Å². The Morgan fingerprint density at radius 1 is 1.44 bits per heavy atom. The van der Waals surface area contributed by atoms with E-state index in [9.17, 15) is 0 Å². The highest BCUT2D eigenvalue weighted by molar-refractivity contribution is 9.10. The van der Waals surface area contributed by atoms with Crippen LogP contribution in [0.2, 0.25) is 0 Å². The van der Waals surface area contributed by atoms with Crippen molar-refractivity contribution < 1.29 is 0 Å². The standard InChI is InChI=1S/C13H21BrN2S.ClH/c1-15-6-2-11-3-7-16(8-4-11)10-13-12(14)5-9-17-13;/h5,9,11,15H,2-4,6-8,10H2,1H3;1H. The molecule has 5 heteroatoms. The van der Waals surface area contributed by atoms with Gasteiger partial charge in [-0.25, -0.2) is 0 Å². The number of nitrogens with one attached hydrogen (secondary N) is 1. The quantitative estimate of drug-likeness (QED) is 0.867. The molecule has 0 unspecified atom stereocenters. The van der Waals surface area contributed by atoms with Gasteiger partial charge in [-0.05, 0) is 79.2 Å². The summed E-state index contributed by atoms with van der Waals surface area (Å²) in [6, 6.07) is 2.15. The minimum atomic E-state index is 0. The molecule has 104 valence electrons. The van der Waals surface area contributed by atoms with E-state index in [0.717, 1.165) is 12.5 Å². The van der Waals surface area contributed by atoms with E-state index < -0.39 is 0 Å². The van der Waals surface area contributed by atoms with Crippen LogP contribution in [0.15, 0.2) is 15.9 Å². The summed E-state index contributed by atoms with van der Waals surface area (Å²) in [5.41, 5.74) is 0. The second-order valence-electron chi connectivity index (χ2n) is 4.80. The zero-order valence-corrected chi connectivity index (χ0v) is 14.0. The Morgan fingerprint density at radius 2 is 2.17 bits per heavy atom. The molecule has 1 aliphatic heterocycles. The zero-order chi connectivity index (χ0) is 12.1. The van der Waals surface area contributed by atoms with Gasteiger partial charge < -0.3 is 5.32 Å². The van der Waals surface area contributed by atoms with Gasteiger partial charge >= 0.3 is 0 Å². The van der Waals surface area contributed by atoms with Crippen molar-refractivity contribution in [2.75, 3.05) is 26.7 Å². The van der Waals surface area contributed by atoms with Gasteiger partial charge in [0.05, 0.1) is 0 Å². The summed E-state index contributed by atoms with van der Waals surface area (Å²) in [5.74, 6) is 0.936. The lowest BCUT2D eigenvalue weighted by molar-refractivity contribution is 0.173. The Kier molecular flexibility index (Phi) is 7.80. The molecule has 0 aromatic carbocycles. The summed E-state index contributed by atoms with van der Waals surface area (Å²) in [7, 11) is 2.05. The molecular formula is C13H22BrClN2S. The van der Waals surface area contributed by atoms with Gasteiger partial charge in [0, 0.05) is 15.9 Å². The predicted molar refractivity (Wildman–Crippen MR) is 85.8 cm³/mol. The molecule has 0 radical (unpaired) electrons. The van der Waals surface area contributed by atoms with Crippen molar-refractivity contribution in [2.45, 2.75) is 25.8 Å². The molecular weight excluding hydrogens is 332 g/mol. The molecule has 1 fully saturated rings. The molecule has 0 amide bonds. The molecule has 2 rings (SSSR count). The van der Waals surface area contributed by atoms with Gasteiger partial charge in [-0.3, -0.25) is 4.90 Å². The smallest absolute Gasteiger partial charge is 0.0339 e. The van der Waals surface area contributed by atoms with E-state index >= 15 is 0 Å². The van der Waals surface area contributed by atoms with Gasteiger partial charge in [-0.2, -0.15) is 0 Å². The normalized spacial score (nSPS) is 17.7. The Balaban J connectivity index is 0.00000162. The first-order chi connectivity index (χ1) is 8.29. The van der Waals surface area contributed by atoms with Crippen LogP contribution < -0.4 is 5.32 Å². The maximum Gasteiger partial charge on any atom is 0.0339 e. The average Bonchev–Trinajstić information content (AvgIpc) is 2.74. The third-order valence-corrected chi connectivity index (χ3v) is 5.48. The number of hydrogen-bond donors (Lipinski definition) is 1. The fraction of sp³-hybridized carbons (Fsp3) is 0.692. The Labute approximate surface area is 129 Å². The Morgan fingerprint density at radius 3 is 2.72 bits per heavy atom. The molecule has 1 aromatic heterocycles. The largest absolute Gasteiger partial charge is 0.320 e. The highest BCUT2D eigenvalue weighted by Gasteiger charge is 2.19. The zero-order valence-electron chi connectivity index (χ0n) is 10.8. The van der Waals surface area contributed by atoms with Crippen molar-refractivity contribution in [2.24, 2.45) is 5.92 Å². The number of likely N-dealkylation sites (tertiary alicyclic amines) is 1. The first-order valence-corrected chi connectivity index (χ1v) is 8.05. The summed E-state index contributed by atoms with van der Waals surface area (Å²) in [6.45, 7) is 4.82. The molecule has 1 aliphatic rings. The van der Waals surface area contributed by atoms with Crippen molar-refractivity contribution in [3.8, 4) is 0 Å². The SMILES string of the molecule is CNCCC1CCN(Cc2sccc2Br)CC1.Cl. The second-order valence-corrected chi connectivity index (χ2v) is 6.66. The predicted octanol–water partition coefficient (Wildman–Crippen LogP) is 3.75.